The molecule has 7 nitrogen and oxygen atoms in total. The molecule has 0 saturated carbocycles. The summed E-state index contributed by atoms with van der Waals surface area (Å²) in [5.41, 5.74) is 1.17. The third-order valence-electron chi connectivity index (χ3n) is 4.50. The Balaban J connectivity index is 1.55. The molecule has 1 saturated heterocycles. The van der Waals surface area contributed by atoms with Crippen LogP contribution in [0.4, 0.5) is 10.5 Å². The lowest BCUT2D eigenvalue weighted by Crippen LogP contribution is -2.28. The molecule has 3 rings (SSSR count). The maximum atomic E-state index is 12.3. The highest BCUT2D eigenvalue weighted by Gasteiger charge is 2.31. The summed E-state index contributed by atoms with van der Waals surface area (Å²) >= 11 is 6.50. The fraction of sp³-hybridized carbons (Fsp3) is 0.182. The molecular weight excluding hydrogens is 436 g/mol. The number of thioether (sulfide) groups is 1. The number of carbonyl (C=O) groups excluding carboxylic acids is 2. The van der Waals surface area contributed by atoms with Gasteiger partial charge < -0.3 is 15.2 Å². The minimum atomic E-state index is -1.11. The van der Waals surface area contributed by atoms with Crippen molar-refractivity contribution in [1.29, 1.82) is 0 Å². The maximum absolute atomic E-state index is 12.3. The van der Waals surface area contributed by atoms with E-state index in [1.165, 1.54) is 17.0 Å². The van der Waals surface area contributed by atoms with Gasteiger partial charge in [-0.2, -0.15) is 0 Å². The lowest BCUT2D eigenvalue weighted by Gasteiger charge is -2.14. The first kappa shape index (κ1) is 22.5. The smallest absolute Gasteiger partial charge is 0.337 e. The van der Waals surface area contributed by atoms with Crippen molar-refractivity contribution in [3.8, 4) is 5.75 Å². The van der Waals surface area contributed by atoms with Crippen LogP contribution >= 0.6 is 24.0 Å². The number of aromatic carboxylic acids is 1. The van der Waals surface area contributed by atoms with E-state index in [1.54, 1.807) is 19.2 Å². The van der Waals surface area contributed by atoms with Gasteiger partial charge in [0.25, 0.3) is 5.24 Å². The fourth-order valence-electron chi connectivity index (χ4n) is 2.93. The van der Waals surface area contributed by atoms with Crippen LogP contribution in [0.25, 0.3) is 6.08 Å². The zero-order valence-corrected chi connectivity index (χ0v) is 18.3. The normalized spacial score (nSPS) is 14.7. The Labute approximate surface area is 189 Å². The lowest BCUT2D eigenvalue weighted by atomic mass is 10.1. The Kier molecular flexibility index (Phi) is 7.43. The van der Waals surface area contributed by atoms with Crippen molar-refractivity contribution in [3.05, 3.63) is 64.6 Å². The molecule has 0 radical (unpaired) electrons. The zero-order valence-electron chi connectivity index (χ0n) is 16.7. The van der Waals surface area contributed by atoms with Gasteiger partial charge in [-0.1, -0.05) is 36.5 Å². The number of nitrogens with zero attached hydrogens (tertiary/aromatic N) is 1. The number of para-hydroxylation sites is 1. The number of carbonyl (C=O) groups is 3. The number of amides is 2. The van der Waals surface area contributed by atoms with Crippen LogP contribution in [0, 0.1) is 0 Å². The van der Waals surface area contributed by atoms with E-state index in [9.17, 15) is 19.5 Å². The summed E-state index contributed by atoms with van der Waals surface area (Å²) in [6, 6.07) is 13.6. The minimum absolute atomic E-state index is 0.0245. The van der Waals surface area contributed by atoms with Crippen LogP contribution in [-0.4, -0.2) is 45.8 Å². The summed E-state index contributed by atoms with van der Waals surface area (Å²) in [4.78, 5) is 38.4. The first-order valence-corrected chi connectivity index (χ1v) is 10.6. The SMILES string of the molecule is COc1ccc(C=C2SC(=O)N(CCCC(=O)Nc3ccccc3C(=O)O)C2=S)cc1. The molecule has 0 spiro atoms. The lowest BCUT2D eigenvalue weighted by molar-refractivity contribution is -0.116. The quantitative estimate of drug-likeness (QED) is 0.441. The first-order valence-electron chi connectivity index (χ1n) is 9.40. The fourth-order valence-corrected chi connectivity index (χ4v) is 4.22. The van der Waals surface area contributed by atoms with Gasteiger partial charge in [0, 0.05) is 13.0 Å². The number of thiocarbonyl (C=S) groups is 1. The molecule has 0 unspecified atom stereocenters. The molecule has 31 heavy (non-hydrogen) atoms. The van der Waals surface area contributed by atoms with Gasteiger partial charge in [0.05, 0.1) is 23.3 Å². The maximum Gasteiger partial charge on any atom is 0.337 e. The molecular formula is C22H20N2O5S2. The zero-order chi connectivity index (χ0) is 22.4. The summed E-state index contributed by atoms with van der Waals surface area (Å²) < 4.78 is 5.14. The average Bonchev–Trinajstić information content (AvgIpc) is 3.02. The van der Waals surface area contributed by atoms with E-state index in [0.717, 1.165) is 23.1 Å². The molecule has 1 aliphatic rings. The molecule has 2 amide bonds. The number of anilines is 1. The average molecular weight is 457 g/mol. The number of methoxy groups -OCH3 is 1. The van der Waals surface area contributed by atoms with E-state index < -0.39 is 5.97 Å². The van der Waals surface area contributed by atoms with Gasteiger partial charge >= 0.3 is 5.97 Å². The van der Waals surface area contributed by atoms with Gasteiger partial charge in [0.2, 0.25) is 5.91 Å². The largest absolute Gasteiger partial charge is 0.497 e. The van der Waals surface area contributed by atoms with Crippen LogP contribution in [0.5, 0.6) is 5.75 Å². The molecule has 1 heterocycles. The molecule has 1 aliphatic heterocycles. The van der Waals surface area contributed by atoms with Gasteiger partial charge in [-0.3, -0.25) is 14.5 Å². The summed E-state index contributed by atoms with van der Waals surface area (Å²) in [6.07, 6.45) is 2.37. The molecule has 160 valence electrons. The van der Waals surface area contributed by atoms with E-state index >= 15 is 0 Å². The Morgan fingerprint density at radius 1 is 1.19 bits per heavy atom. The minimum Gasteiger partial charge on any atom is -0.497 e. The van der Waals surface area contributed by atoms with E-state index in [-0.39, 0.29) is 28.8 Å². The molecule has 9 heteroatoms. The molecule has 2 aromatic rings. The monoisotopic (exact) mass is 456 g/mol. The van der Waals surface area contributed by atoms with Crippen LogP contribution in [0.3, 0.4) is 0 Å². The molecule has 0 bridgehead atoms. The molecule has 1 fully saturated rings. The summed E-state index contributed by atoms with van der Waals surface area (Å²) in [6.45, 7) is 0.304. The second-order valence-corrected chi connectivity index (χ2v) is 7.99. The number of hydrogen-bond acceptors (Lipinski definition) is 6. The van der Waals surface area contributed by atoms with Gasteiger partial charge in [-0.15, -0.1) is 0 Å². The van der Waals surface area contributed by atoms with Crippen molar-refractivity contribution in [2.45, 2.75) is 12.8 Å². The van der Waals surface area contributed by atoms with Crippen LogP contribution in [0.1, 0.15) is 28.8 Å². The van der Waals surface area contributed by atoms with E-state index in [4.69, 9.17) is 17.0 Å². The molecule has 0 aliphatic carbocycles. The van der Waals surface area contributed by atoms with Crippen LogP contribution in [0.2, 0.25) is 0 Å². The summed E-state index contributed by atoms with van der Waals surface area (Å²) in [5, 5.41) is 11.6. The molecule has 0 aromatic heterocycles. The van der Waals surface area contributed by atoms with Gasteiger partial charge in [-0.25, -0.2) is 4.79 Å². The predicted octanol–water partition coefficient (Wildman–Crippen LogP) is 4.65. The highest BCUT2D eigenvalue weighted by atomic mass is 32.2. The number of carboxylic acid groups (broad SMARTS) is 1. The number of benzene rings is 2. The first-order chi connectivity index (χ1) is 14.9. The summed E-state index contributed by atoms with van der Waals surface area (Å²) in [5.74, 6) is -0.698. The topological polar surface area (TPSA) is 95.9 Å². The molecule has 2 N–H and O–H groups in total. The van der Waals surface area contributed by atoms with E-state index in [0.29, 0.717) is 22.9 Å². The third-order valence-corrected chi connectivity index (χ3v) is 6.00. The summed E-state index contributed by atoms with van der Waals surface area (Å²) in [7, 11) is 1.59. The van der Waals surface area contributed by atoms with Gasteiger partial charge in [-0.05, 0) is 54.1 Å². The van der Waals surface area contributed by atoms with Crippen molar-refractivity contribution in [2.24, 2.45) is 0 Å². The van der Waals surface area contributed by atoms with Crippen LogP contribution < -0.4 is 10.1 Å². The van der Waals surface area contributed by atoms with Crippen molar-refractivity contribution < 1.29 is 24.2 Å². The van der Waals surface area contributed by atoms with Crippen LogP contribution in [-0.2, 0) is 4.79 Å². The molecule has 2 aromatic carbocycles. The number of nitrogens with one attached hydrogen (secondary N) is 1. The van der Waals surface area contributed by atoms with Crippen LogP contribution in [0.15, 0.2) is 53.4 Å². The van der Waals surface area contributed by atoms with Crippen molar-refractivity contribution in [3.63, 3.8) is 0 Å². The number of carboxylic acids is 1. The van der Waals surface area contributed by atoms with Gasteiger partial charge in [0.15, 0.2) is 0 Å². The Hall–Kier alpha value is -3.17. The highest BCUT2D eigenvalue weighted by Crippen LogP contribution is 2.33. The Morgan fingerprint density at radius 3 is 2.58 bits per heavy atom. The second kappa shape index (κ2) is 10.2. The number of hydrogen-bond donors (Lipinski definition) is 2. The van der Waals surface area contributed by atoms with Crippen molar-refractivity contribution in [1.82, 2.24) is 4.90 Å². The number of rotatable bonds is 8. The Morgan fingerprint density at radius 2 is 1.90 bits per heavy atom. The van der Waals surface area contributed by atoms with Gasteiger partial charge in [0.1, 0.15) is 10.7 Å². The third kappa shape index (κ3) is 5.71. The Bertz CT molecular complexity index is 1050. The highest BCUT2D eigenvalue weighted by molar-refractivity contribution is 8.19. The second-order valence-electron chi connectivity index (χ2n) is 6.61. The predicted molar refractivity (Wildman–Crippen MR) is 125 cm³/mol. The van der Waals surface area contributed by atoms with Crippen molar-refractivity contribution >= 4 is 57.8 Å². The van der Waals surface area contributed by atoms with Crippen molar-refractivity contribution in [2.75, 3.05) is 19.0 Å². The number of ether oxygens (including phenoxy) is 1. The standard InChI is InChI=1S/C22H20N2O5S2/c1-29-15-10-8-14(9-11-15)13-18-20(30)24(22(28)31-18)12-4-7-19(25)23-17-6-3-2-5-16(17)21(26)27/h2-3,5-6,8-11,13H,4,7,12H2,1H3,(H,23,25)(H,26,27). The molecule has 0 atom stereocenters. The van der Waals surface area contributed by atoms with E-state index in [2.05, 4.69) is 5.32 Å². The van der Waals surface area contributed by atoms with E-state index in [1.807, 2.05) is 30.3 Å².